The second-order valence-electron chi connectivity index (χ2n) is 9.84. The molecule has 0 spiro atoms. The highest BCUT2D eigenvalue weighted by molar-refractivity contribution is 5.92. The minimum atomic E-state index is -0.433. The van der Waals surface area contributed by atoms with Crippen molar-refractivity contribution in [3.8, 4) is 28.4 Å². The number of pyridine rings is 1. The summed E-state index contributed by atoms with van der Waals surface area (Å²) in [5.74, 6) is 1.64. The Hall–Kier alpha value is -4.01. The fourth-order valence-corrected chi connectivity index (χ4v) is 6.02. The Morgan fingerprint density at radius 1 is 1.05 bits per heavy atom. The number of nitrogens with one attached hydrogen (secondary N) is 2. The zero-order valence-corrected chi connectivity index (χ0v) is 20.7. The van der Waals surface area contributed by atoms with Crippen LogP contribution in [0.25, 0.3) is 33.7 Å². The van der Waals surface area contributed by atoms with Crippen LogP contribution < -0.4 is 10.1 Å². The van der Waals surface area contributed by atoms with Gasteiger partial charge in [0.25, 0.3) is 0 Å². The molecule has 4 aromatic rings. The van der Waals surface area contributed by atoms with E-state index in [1.54, 1.807) is 13.3 Å². The molecular weight excluding hydrogens is 473 g/mol. The molecule has 3 aliphatic rings. The van der Waals surface area contributed by atoms with E-state index in [0.29, 0.717) is 45.8 Å². The summed E-state index contributed by atoms with van der Waals surface area (Å²) in [6, 6.07) is 10.9. The average Bonchev–Trinajstić information content (AvgIpc) is 3.36. The minimum absolute atomic E-state index is 0.0755. The number of hydrogen-bond acceptors (Lipinski definition) is 7. The number of carbonyl (C=O) groups excluding carboxylic acids is 1. The summed E-state index contributed by atoms with van der Waals surface area (Å²) in [6.45, 7) is 0. The first kappa shape index (κ1) is 23.4. The second-order valence-corrected chi connectivity index (χ2v) is 9.84. The molecule has 2 bridgehead atoms. The van der Waals surface area contributed by atoms with Crippen LogP contribution in [0.3, 0.4) is 0 Å². The molecule has 9 heteroatoms. The maximum absolute atomic E-state index is 14.1. The number of carbonyl (C=O) groups is 1. The van der Waals surface area contributed by atoms with Crippen LogP contribution in [0.1, 0.15) is 25.7 Å². The number of nitrogens with zero attached hydrogens (tertiary/aromatic N) is 3. The Labute approximate surface area is 213 Å². The molecule has 190 valence electrons. The minimum Gasteiger partial charge on any atom is -0.497 e. The van der Waals surface area contributed by atoms with Crippen LogP contribution in [-0.2, 0) is 9.53 Å². The SMILES string of the molecule is COC(=O)C1C2CCC(CC2)C1Nc1cc(-c2ccc(OC)cc2)nc(-c2c[nH]c3ncc(F)cc23)n1. The summed E-state index contributed by atoms with van der Waals surface area (Å²) in [6.07, 6.45) is 7.16. The van der Waals surface area contributed by atoms with Crippen LogP contribution in [0.2, 0.25) is 0 Å². The number of H-pyrrole nitrogens is 1. The van der Waals surface area contributed by atoms with Crippen LogP contribution in [0.5, 0.6) is 5.75 Å². The molecule has 2 unspecified atom stereocenters. The zero-order chi connectivity index (χ0) is 25.5. The van der Waals surface area contributed by atoms with Gasteiger partial charge in [-0.25, -0.2) is 19.3 Å². The monoisotopic (exact) mass is 501 g/mol. The predicted octanol–water partition coefficient (Wildman–Crippen LogP) is 5.22. The Balaban J connectivity index is 1.45. The first-order chi connectivity index (χ1) is 18.0. The molecule has 3 fully saturated rings. The smallest absolute Gasteiger partial charge is 0.311 e. The van der Waals surface area contributed by atoms with Crippen LogP contribution in [0.4, 0.5) is 10.2 Å². The van der Waals surface area contributed by atoms with Crippen LogP contribution >= 0.6 is 0 Å². The maximum atomic E-state index is 14.1. The number of fused-ring (bicyclic) bond motifs is 4. The summed E-state index contributed by atoms with van der Waals surface area (Å²) in [7, 11) is 3.08. The third-order valence-corrected chi connectivity index (χ3v) is 7.86. The zero-order valence-electron chi connectivity index (χ0n) is 20.7. The number of methoxy groups -OCH3 is 2. The van der Waals surface area contributed by atoms with Crippen LogP contribution in [0.15, 0.2) is 48.8 Å². The fourth-order valence-electron chi connectivity index (χ4n) is 6.02. The third kappa shape index (κ3) is 4.28. The summed E-state index contributed by atoms with van der Waals surface area (Å²) in [5, 5.41) is 4.19. The number of anilines is 1. The van der Waals surface area contributed by atoms with Crippen LogP contribution in [0, 0.1) is 23.6 Å². The number of hydrogen-bond donors (Lipinski definition) is 2. The number of rotatable bonds is 6. The van der Waals surface area contributed by atoms with Gasteiger partial charge >= 0.3 is 5.97 Å². The van der Waals surface area contributed by atoms with E-state index < -0.39 is 5.82 Å². The van der Waals surface area contributed by atoms with Crippen molar-refractivity contribution >= 4 is 22.8 Å². The maximum Gasteiger partial charge on any atom is 0.311 e. The molecule has 1 aromatic carbocycles. The third-order valence-electron chi connectivity index (χ3n) is 7.86. The quantitative estimate of drug-likeness (QED) is 0.349. The van der Waals surface area contributed by atoms with Gasteiger partial charge in [0.2, 0.25) is 0 Å². The van der Waals surface area contributed by atoms with Gasteiger partial charge in [-0.15, -0.1) is 0 Å². The van der Waals surface area contributed by atoms with Crippen molar-refractivity contribution in [2.75, 3.05) is 19.5 Å². The molecule has 3 aliphatic carbocycles. The first-order valence-corrected chi connectivity index (χ1v) is 12.5. The number of esters is 1. The lowest BCUT2D eigenvalue weighted by molar-refractivity contribution is -0.152. The first-order valence-electron chi connectivity index (χ1n) is 12.5. The molecule has 37 heavy (non-hydrogen) atoms. The van der Waals surface area contributed by atoms with Gasteiger partial charge in [-0.2, -0.15) is 0 Å². The highest BCUT2D eigenvalue weighted by Gasteiger charge is 2.48. The van der Waals surface area contributed by atoms with Crippen molar-refractivity contribution in [2.24, 2.45) is 17.8 Å². The Kier molecular flexibility index (Phi) is 5.98. The molecule has 0 aliphatic heterocycles. The largest absolute Gasteiger partial charge is 0.497 e. The van der Waals surface area contributed by atoms with E-state index in [0.717, 1.165) is 37.0 Å². The summed E-state index contributed by atoms with van der Waals surface area (Å²) >= 11 is 0. The van der Waals surface area contributed by atoms with Gasteiger partial charge in [0, 0.05) is 34.8 Å². The highest BCUT2D eigenvalue weighted by Crippen LogP contribution is 2.47. The van der Waals surface area contributed by atoms with E-state index in [2.05, 4.69) is 15.3 Å². The lowest BCUT2D eigenvalue weighted by Gasteiger charge is -2.47. The van der Waals surface area contributed by atoms with Crippen molar-refractivity contribution in [1.82, 2.24) is 19.9 Å². The molecule has 3 heterocycles. The predicted molar refractivity (Wildman–Crippen MR) is 137 cm³/mol. The molecule has 8 nitrogen and oxygen atoms in total. The number of ether oxygens (including phenoxy) is 2. The summed E-state index contributed by atoms with van der Waals surface area (Å²) < 4.78 is 24.6. The van der Waals surface area contributed by atoms with Gasteiger partial charge in [-0.3, -0.25) is 4.79 Å². The van der Waals surface area contributed by atoms with E-state index in [-0.39, 0.29) is 17.9 Å². The van der Waals surface area contributed by atoms with Gasteiger partial charge in [0.1, 0.15) is 23.0 Å². The summed E-state index contributed by atoms with van der Waals surface area (Å²) in [4.78, 5) is 29.7. The van der Waals surface area contributed by atoms with Crippen molar-refractivity contribution in [2.45, 2.75) is 31.7 Å². The van der Waals surface area contributed by atoms with E-state index in [4.69, 9.17) is 19.4 Å². The van der Waals surface area contributed by atoms with E-state index in [1.165, 1.54) is 19.4 Å². The molecule has 0 amide bonds. The topological polar surface area (TPSA) is 102 Å². The van der Waals surface area contributed by atoms with Gasteiger partial charge in [0.05, 0.1) is 32.0 Å². The number of aromatic nitrogens is 4. The number of benzene rings is 1. The van der Waals surface area contributed by atoms with Gasteiger partial charge in [-0.05, 0) is 67.9 Å². The van der Waals surface area contributed by atoms with E-state index >= 15 is 0 Å². The molecule has 0 saturated heterocycles. The van der Waals surface area contributed by atoms with Crippen molar-refractivity contribution in [3.05, 3.63) is 54.6 Å². The van der Waals surface area contributed by atoms with Gasteiger partial charge in [-0.1, -0.05) is 0 Å². The van der Waals surface area contributed by atoms with E-state index in [9.17, 15) is 9.18 Å². The molecule has 3 aromatic heterocycles. The fraction of sp³-hybridized carbons (Fsp3) is 0.357. The van der Waals surface area contributed by atoms with Gasteiger partial charge in [0.15, 0.2) is 5.82 Å². The van der Waals surface area contributed by atoms with Crippen molar-refractivity contribution in [3.63, 3.8) is 0 Å². The highest BCUT2D eigenvalue weighted by atomic mass is 19.1. The normalized spacial score (nSPS) is 22.7. The van der Waals surface area contributed by atoms with Crippen LogP contribution in [-0.4, -0.2) is 46.2 Å². The Morgan fingerprint density at radius 2 is 1.81 bits per heavy atom. The summed E-state index contributed by atoms with van der Waals surface area (Å²) in [5.41, 5.74) is 2.78. The molecule has 3 saturated carbocycles. The second kappa shape index (κ2) is 9.46. The molecule has 2 N–H and O–H groups in total. The standard InChI is InChI=1S/C28H28FN5O3/c1-36-19-9-7-15(8-10-19)22-12-23(33-25-17-5-3-16(4-6-17)24(25)28(35)37-2)34-27(32-22)21-14-31-26-20(21)11-18(29)13-30-26/h7-14,16-17,24-25H,3-6H2,1-2H3,(H,30,31)(H,32,33,34). The Morgan fingerprint density at radius 3 is 2.54 bits per heavy atom. The molecular formula is C28H28FN5O3. The molecule has 0 radical (unpaired) electrons. The van der Waals surface area contributed by atoms with Crippen molar-refractivity contribution in [1.29, 1.82) is 0 Å². The Bertz CT molecular complexity index is 1450. The lowest BCUT2D eigenvalue weighted by atomic mass is 9.61. The average molecular weight is 502 g/mol. The lowest BCUT2D eigenvalue weighted by Crippen LogP contribution is -2.51. The molecule has 7 rings (SSSR count). The molecule has 2 atom stereocenters. The van der Waals surface area contributed by atoms with Crippen molar-refractivity contribution < 1.29 is 18.7 Å². The van der Waals surface area contributed by atoms with Gasteiger partial charge < -0.3 is 19.8 Å². The number of halogens is 1. The van der Waals surface area contributed by atoms with E-state index in [1.807, 2.05) is 30.3 Å². The number of aromatic amines is 1.